The monoisotopic (exact) mass is 374 g/mol. The quantitative estimate of drug-likeness (QED) is 0.844. The first-order chi connectivity index (χ1) is 12.2. The molecule has 0 saturated carbocycles. The van der Waals surface area contributed by atoms with Gasteiger partial charge in [-0.3, -0.25) is 4.79 Å². The van der Waals surface area contributed by atoms with Gasteiger partial charge >= 0.3 is 0 Å². The van der Waals surface area contributed by atoms with Crippen LogP contribution in [0.4, 0.5) is 0 Å². The molecule has 0 spiro atoms. The second-order valence-corrected chi connectivity index (χ2v) is 6.69. The Balaban J connectivity index is 0.00000243. The van der Waals surface area contributed by atoms with E-state index in [0.717, 1.165) is 37.2 Å². The number of likely N-dealkylation sites (tertiary alicyclic amines) is 1. The number of benzene rings is 2. The molecule has 1 amide bonds. The third kappa shape index (κ3) is 5.75. The second-order valence-electron chi connectivity index (χ2n) is 6.69. The predicted octanol–water partition coefficient (Wildman–Crippen LogP) is 3.30. The molecule has 3 rings (SSSR count). The number of nitrogens with zero attached hydrogens (tertiary/aromatic N) is 1. The highest BCUT2D eigenvalue weighted by Gasteiger charge is 2.26. The molecule has 4 nitrogen and oxygen atoms in total. The third-order valence-corrected chi connectivity index (χ3v) is 4.77. The number of halogens is 1. The van der Waals surface area contributed by atoms with Crippen LogP contribution in [0.25, 0.3) is 0 Å². The first-order valence-corrected chi connectivity index (χ1v) is 8.98. The van der Waals surface area contributed by atoms with E-state index in [2.05, 4.69) is 0 Å². The Morgan fingerprint density at radius 3 is 2.23 bits per heavy atom. The normalized spacial score (nSPS) is 15.8. The first kappa shape index (κ1) is 20.3. The highest BCUT2D eigenvalue weighted by molar-refractivity contribution is 5.85. The van der Waals surface area contributed by atoms with E-state index >= 15 is 0 Å². The summed E-state index contributed by atoms with van der Waals surface area (Å²) >= 11 is 0. The third-order valence-electron chi connectivity index (χ3n) is 4.77. The van der Waals surface area contributed by atoms with Crippen LogP contribution in [0.2, 0.25) is 0 Å². The number of nitrogens with two attached hydrogens (primary N) is 1. The summed E-state index contributed by atoms with van der Waals surface area (Å²) < 4.78 is 5.84. The van der Waals surface area contributed by atoms with Crippen LogP contribution in [-0.2, 0) is 11.2 Å². The lowest BCUT2D eigenvalue weighted by Crippen LogP contribution is -2.48. The van der Waals surface area contributed by atoms with Crippen LogP contribution < -0.4 is 10.5 Å². The second kappa shape index (κ2) is 10.2. The van der Waals surface area contributed by atoms with Crippen LogP contribution in [0, 0.1) is 5.92 Å². The Hall–Kier alpha value is -2.04. The van der Waals surface area contributed by atoms with Gasteiger partial charge in [-0.05, 0) is 42.9 Å². The van der Waals surface area contributed by atoms with Gasteiger partial charge in [-0.1, -0.05) is 48.5 Å². The van der Waals surface area contributed by atoms with Crippen molar-refractivity contribution >= 4 is 18.3 Å². The van der Waals surface area contributed by atoms with Crippen LogP contribution in [0.5, 0.6) is 5.75 Å². The number of amides is 1. The molecular formula is C21H27ClN2O2. The van der Waals surface area contributed by atoms with Crippen molar-refractivity contribution < 1.29 is 9.53 Å². The highest BCUT2D eigenvalue weighted by atomic mass is 35.5. The van der Waals surface area contributed by atoms with E-state index in [1.54, 1.807) is 0 Å². The molecular weight excluding hydrogens is 348 g/mol. The van der Waals surface area contributed by atoms with E-state index in [0.29, 0.717) is 18.9 Å². The van der Waals surface area contributed by atoms with Gasteiger partial charge in [0, 0.05) is 13.1 Å². The van der Waals surface area contributed by atoms with E-state index < -0.39 is 6.04 Å². The molecule has 1 saturated heterocycles. The summed E-state index contributed by atoms with van der Waals surface area (Å²) in [5.41, 5.74) is 7.24. The summed E-state index contributed by atoms with van der Waals surface area (Å²) in [6, 6.07) is 19.4. The first-order valence-electron chi connectivity index (χ1n) is 8.98. The lowest BCUT2D eigenvalue weighted by atomic mass is 9.96. The Bertz CT molecular complexity index is 658. The van der Waals surface area contributed by atoms with Gasteiger partial charge in [0.05, 0.1) is 12.6 Å². The maximum absolute atomic E-state index is 12.6. The molecule has 0 bridgehead atoms. The molecule has 1 atom stereocenters. The summed E-state index contributed by atoms with van der Waals surface area (Å²) in [4.78, 5) is 14.5. The molecule has 5 heteroatoms. The smallest absolute Gasteiger partial charge is 0.239 e. The summed E-state index contributed by atoms with van der Waals surface area (Å²) in [6.45, 7) is 2.25. The van der Waals surface area contributed by atoms with Crippen molar-refractivity contribution in [2.75, 3.05) is 19.7 Å². The zero-order valence-corrected chi connectivity index (χ0v) is 15.7. The molecule has 2 aromatic rings. The van der Waals surface area contributed by atoms with Crippen LogP contribution in [0.1, 0.15) is 18.4 Å². The fourth-order valence-corrected chi connectivity index (χ4v) is 3.24. The van der Waals surface area contributed by atoms with Crippen molar-refractivity contribution in [1.29, 1.82) is 0 Å². The number of ether oxygens (including phenoxy) is 1. The summed E-state index contributed by atoms with van der Waals surface area (Å²) in [6.07, 6.45) is 2.53. The Labute approximate surface area is 161 Å². The molecule has 0 aromatic heterocycles. The van der Waals surface area contributed by atoms with Gasteiger partial charge in [-0.25, -0.2) is 0 Å². The fraction of sp³-hybridized carbons (Fsp3) is 0.381. The number of carbonyl (C=O) groups excluding carboxylic acids is 1. The molecule has 26 heavy (non-hydrogen) atoms. The van der Waals surface area contributed by atoms with Crippen molar-refractivity contribution in [1.82, 2.24) is 4.90 Å². The SMILES string of the molecule is Cl.N[C@@H](Cc1ccccc1)C(=O)N1CCC(COc2ccccc2)CC1. The Morgan fingerprint density at radius 2 is 1.62 bits per heavy atom. The molecule has 1 aliphatic rings. The van der Waals surface area contributed by atoms with Crippen LogP contribution in [-0.4, -0.2) is 36.5 Å². The Kier molecular flexibility index (Phi) is 7.95. The number of hydrogen-bond acceptors (Lipinski definition) is 3. The molecule has 0 unspecified atom stereocenters. The van der Waals surface area contributed by atoms with Crippen molar-refractivity contribution in [2.24, 2.45) is 11.7 Å². The molecule has 140 valence electrons. The molecule has 1 heterocycles. The summed E-state index contributed by atoms with van der Waals surface area (Å²) in [5.74, 6) is 1.46. The lowest BCUT2D eigenvalue weighted by molar-refractivity contribution is -0.134. The lowest BCUT2D eigenvalue weighted by Gasteiger charge is -2.33. The molecule has 2 N–H and O–H groups in total. The van der Waals surface area contributed by atoms with Crippen molar-refractivity contribution in [3.05, 3.63) is 66.2 Å². The predicted molar refractivity (Wildman–Crippen MR) is 107 cm³/mol. The summed E-state index contributed by atoms with van der Waals surface area (Å²) in [5, 5.41) is 0. The van der Waals surface area contributed by atoms with Crippen molar-refractivity contribution in [2.45, 2.75) is 25.3 Å². The van der Waals surface area contributed by atoms with E-state index in [-0.39, 0.29) is 18.3 Å². The fourth-order valence-electron chi connectivity index (χ4n) is 3.24. The van der Waals surface area contributed by atoms with Crippen LogP contribution in [0.3, 0.4) is 0 Å². The van der Waals surface area contributed by atoms with Gasteiger partial charge in [0.15, 0.2) is 0 Å². The van der Waals surface area contributed by atoms with E-state index in [4.69, 9.17) is 10.5 Å². The van der Waals surface area contributed by atoms with Gasteiger partial charge < -0.3 is 15.4 Å². The summed E-state index contributed by atoms with van der Waals surface area (Å²) in [7, 11) is 0. The molecule has 1 aliphatic heterocycles. The minimum Gasteiger partial charge on any atom is -0.493 e. The average Bonchev–Trinajstić information content (AvgIpc) is 2.68. The van der Waals surface area contributed by atoms with Gasteiger partial charge in [-0.15, -0.1) is 12.4 Å². The van der Waals surface area contributed by atoms with Gasteiger partial charge in [0.25, 0.3) is 0 Å². The standard InChI is InChI=1S/C21H26N2O2.ClH/c22-20(15-17-7-3-1-4-8-17)21(24)23-13-11-18(12-14-23)16-25-19-9-5-2-6-10-19;/h1-10,18,20H,11-16,22H2;1H/t20-;/m0./s1. The average molecular weight is 375 g/mol. The van der Waals surface area contributed by atoms with Gasteiger partial charge in [-0.2, -0.15) is 0 Å². The number of rotatable bonds is 6. The minimum absolute atomic E-state index is 0. The van der Waals surface area contributed by atoms with Gasteiger partial charge in [0.1, 0.15) is 5.75 Å². The molecule has 0 radical (unpaired) electrons. The van der Waals surface area contributed by atoms with E-state index in [9.17, 15) is 4.79 Å². The largest absolute Gasteiger partial charge is 0.493 e. The minimum atomic E-state index is -0.459. The van der Waals surface area contributed by atoms with Crippen LogP contribution in [0.15, 0.2) is 60.7 Å². The highest BCUT2D eigenvalue weighted by Crippen LogP contribution is 2.20. The van der Waals surface area contributed by atoms with Gasteiger partial charge in [0.2, 0.25) is 5.91 Å². The number of piperidine rings is 1. The zero-order chi connectivity index (χ0) is 17.5. The van der Waals surface area contributed by atoms with Crippen molar-refractivity contribution in [3.63, 3.8) is 0 Å². The Morgan fingerprint density at radius 1 is 1.04 bits per heavy atom. The topological polar surface area (TPSA) is 55.6 Å². The maximum atomic E-state index is 12.6. The van der Waals surface area contributed by atoms with Crippen molar-refractivity contribution in [3.8, 4) is 5.75 Å². The zero-order valence-electron chi connectivity index (χ0n) is 14.9. The van der Waals surface area contributed by atoms with Crippen LogP contribution >= 0.6 is 12.4 Å². The maximum Gasteiger partial charge on any atom is 0.239 e. The number of para-hydroxylation sites is 1. The number of hydrogen-bond donors (Lipinski definition) is 1. The van der Waals surface area contributed by atoms with E-state index in [1.807, 2.05) is 65.6 Å². The molecule has 2 aromatic carbocycles. The molecule has 0 aliphatic carbocycles. The number of carbonyl (C=O) groups is 1. The molecule has 1 fully saturated rings. The van der Waals surface area contributed by atoms with E-state index in [1.165, 1.54) is 0 Å².